The highest BCUT2D eigenvalue weighted by Crippen LogP contribution is 2.29. The first-order chi connectivity index (χ1) is 10.1. The lowest BCUT2D eigenvalue weighted by Crippen LogP contribution is -2.31. The van der Waals surface area contributed by atoms with Crippen LogP contribution in [-0.2, 0) is 13.5 Å². The average Bonchev–Trinajstić information content (AvgIpc) is 2.84. The van der Waals surface area contributed by atoms with Crippen molar-refractivity contribution >= 4 is 17.5 Å². The summed E-state index contributed by atoms with van der Waals surface area (Å²) in [4.78, 5) is 12.3. The minimum atomic E-state index is -0.570. The van der Waals surface area contributed by atoms with Crippen LogP contribution in [0.4, 0.5) is 4.39 Å². The maximum Gasteiger partial charge on any atom is 0.254 e. The average molecular weight is 308 g/mol. The summed E-state index contributed by atoms with van der Waals surface area (Å²) in [6.45, 7) is 0. The number of benzene rings is 1. The molecule has 2 aromatic rings. The number of nitrogens with one attached hydrogen (secondary N) is 1. The van der Waals surface area contributed by atoms with E-state index in [-0.39, 0.29) is 11.6 Å². The van der Waals surface area contributed by atoms with Crippen LogP contribution < -0.4 is 5.32 Å². The van der Waals surface area contributed by atoms with Gasteiger partial charge in [-0.25, -0.2) is 4.39 Å². The number of carbonyl (C=O) groups is 1. The highest BCUT2D eigenvalue weighted by molar-refractivity contribution is 6.31. The number of fused-ring (bicyclic) bond motifs is 1. The molecule has 4 nitrogen and oxygen atoms in total. The quantitative estimate of drug-likeness (QED) is 0.927. The molecule has 110 valence electrons. The summed E-state index contributed by atoms with van der Waals surface area (Å²) < 4.78 is 15.6. The minimum Gasteiger partial charge on any atom is -0.345 e. The molecule has 0 saturated carbocycles. The van der Waals surface area contributed by atoms with Crippen molar-refractivity contribution < 1.29 is 9.18 Å². The van der Waals surface area contributed by atoms with Gasteiger partial charge in [0.25, 0.3) is 5.91 Å². The molecule has 3 rings (SSSR count). The van der Waals surface area contributed by atoms with E-state index in [0.717, 1.165) is 30.5 Å². The van der Waals surface area contributed by atoms with E-state index < -0.39 is 11.7 Å². The Bertz CT molecular complexity index is 698. The zero-order valence-corrected chi connectivity index (χ0v) is 12.3. The van der Waals surface area contributed by atoms with Gasteiger partial charge in [-0.1, -0.05) is 11.6 Å². The van der Waals surface area contributed by atoms with E-state index in [2.05, 4.69) is 10.4 Å². The third kappa shape index (κ3) is 2.65. The standard InChI is InChI=1S/C15H15ClFN3O/c1-20-14-4-2-3-13(11(14)8-18-20)19-15(21)10-7-9(16)5-6-12(10)17/h5-8,13H,2-4H2,1H3,(H,19,21)/t13-/m1/s1. The van der Waals surface area contributed by atoms with Gasteiger partial charge in [-0.15, -0.1) is 0 Å². The highest BCUT2D eigenvalue weighted by atomic mass is 35.5. The number of aryl methyl sites for hydroxylation is 1. The molecule has 0 saturated heterocycles. The van der Waals surface area contributed by atoms with Crippen molar-refractivity contribution in [3.05, 3.63) is 52.1 Å². The summed E-state index contributed by atoms with van der Waals surface area (Å²) in [7, 11) is 1.89. The number of hydrogen-bond donors (Lipinski definition) is 1. The molecule has 1 aromatic carbocycles. The Labute approximate surface area is 126 Å². The number of rotatable bonds is 2. The lowest BCUT2D eigenvalue weighted by molar-refractivity contribution is 0.0928. The van der Waals surface area contributed by atoms with E-state index in [4.69, 9.17) is 11.6 Å². The predicted octanol–water partition coefficient (Wildman–Crippen LogP) is 3.02. The molecule has 6 heteroatoms. The van der Waals surface area contributed by atoms with Crippen molar-refractivity contribution in [1.29, 1.82) is 0 Å². The van der Waals surface area contributed by atoms with Gasteiger partial charge in [-0.3, -0.25) is 9.48 Å². The molecule has 1 heterocycles. The lowest BCUT2D eigenvalue weighted by Gasteiger charge is -2.24. The predicted molar refractivity (Wildman–Crippen MR) is 77.8 cm³/mol. The maximum absolute atomic E-state index is 13.7. The van der Waals surface area contributed by atoms with Crippen LogP contribution in [0.15, 0.2) is 24.4 Å². The number of halogens is 2. The van der Waals surface area contributed by atoms with Crippen LogP contribution in [0, 0.1) is 5.82 Å². The zero-order valence-electron chi connectivity index (χ0n) is 11.6. The summed E-state index contributed by atoms with van der Waals surface area (Å²) in [5.74, 6) is -1.02. The molecule has 1 N–H and O–H groups in total. The molecule has 1 aliphatic carbocycles. The van der Waals surface area contributed by atoms with Crippen LogP contribution in [-0.4, -0.2) is 15.7 Å². The molecule has 1 aromatic heterocycles. The van der Waals surface area contributed by atoms with Gasteiger partial charge < -0.3 is 5.32 Å². The van der Waals surface area contributed by atoms with Gasteiger partial charge in [0.2, 0.25) is 0 Å². The fraction of sp³-hybridized carbons (Fsp3) is 0.333. The van der Waals surface area contributed by atoms with E-state index in [1.807, 2.05) is 11.7 Å². The third-order valence-electron chi connectivity index (χ3n) is 3.85. The van der Waals surface area contributed by atoms with Gasteiger partial charge in [-0.05, 0) is 37.5 Å². The number of aromatic nitrogens is 2. The molecular formula is C15H15ClFN3O. The Kier molecular flexibility index (Phi) is 3.68. The number of carbonyl (C=O) groups excluding carboxylic acids is 1. The summed E-state index contributed by atoms with van der Waals surface area (Å²) in [6, 6.07) is 3.84. The van der Waals surface area contributed by atoms with Crippen molar-refractivity contribution in [1.82, 2.24) is 15.1 Å². The summed E-state index contributed by atoms with van der Waals surface area (Å²) in [5, 5.41) is 7.45. The summed E-state index contributed by atoms with van der Waals surface area (Å²) >= 11 is 5.83. The molecular weight excluding hydrogens is 293 g/mol. The molecule has 0 unspecified atom stereocenters. The maximum atomic E-state index is 13.7. The Morgan fingerprint density at radius 3 is 3.14 bits per heavy atom. The third-order valence-corrected chi connectivity index (χ3v) is 4.09. The summed E-state index contributed by atoms with van der Waals surface area (Å²) in [5.41, 5.74) is 2.11. The SMILES string of the molecule is Cn1ncc2c1CCC[C@H]2NC(=O)c1cc(Cl)ccc1F. The monoisotopic (exact) mass is 307 g/mol. The van der Waals surface area contributed by atoms with E-state index in [9.17, 15) is 9.18 Å². The molecule has 21 heavy (non-hydrogen) atoms. The normalized spacial score (nSPS) is 17.4. The van der Waals surface area contributed by atoms with Crippen LogP contribution in [0.25, 0.3) is 0 Å². The molecule has 1 atom stereocenters. The second-order valence-electron chi connectivity index (χ2n) is 5.21. The molecule has 1 amide bonds. The zero-order chi connectivity index (χ0) is 15.0. The molecule has 0 spiro atoms. The van der Waals surface area contributed by atoms with Gasteiger partial charge in [0.05, 0.1) is 17.8 Å². The minimum absolute atomic E-state index is 0.0292. The molecule has 1 aliphatic rings. The molecule has 0 aliphatic heterocycles. The van der Waals surface area contributed by atoms with Crippen molar-refractivity contribution in [2.24, 2.45) is 7.05 Å². The summed E-state index contributed by atoms with van der Waals surface area (Å²) in [6.07, 6.45) is 4.51. The Balaban J connectivity index is 1.84. The lowest BCUT2D eigenvalue weighted by atomic mass is 9.92. The largest absolute Gasteiger partial charge is 0.345 e. The van der Waals surface area contributed by atoms with Crippen molar-refractivity contribution in [2.45, 2.75) is 25.3 Å². The number of amides is 1. The Morgan fingerprint density at radius 2 is 2.33 bits per heavy atom. The van der Waals surface area contributed by atoms with Crippen LogP contribution in [0.5, 0.6) is 0 Å². The Hall–Kier alpha value is -1.88. The highest BCUT2D eigenvalue weighted by Gasteiger charge is 2.25. The van der Waals surface area contributed by atoms with Crippen LogP contribution in [0.3, 0.4) is 0 Å². The van der Waals surface area contributed by atoms with Gasteiger partial charge >= 0.3 is 0 Å². The number of nitrogens with zero attached hydrogens (tertiary/aromatic N) is 2. The van der Waals surface area contributed by atoms with Gasteiger partial charge in [0.1, 0.15) is 5.82 Å². The van der Waals surface area contributed by atoms with Crippen molar-refractivity contribution in [3.63, 3.8) is 0 Å². The second-order valence-corrected chi connectivity index (χ2v) is 5.65. The molecule has 0 fully saturated rings. The van der Waals surface area contributed by atoms with Gasteiger partial charge in [0.15, 0.2) is 0 Å². The van der Waals surface area contributed by atoms with Crippen molar-refractivity contribution in [3.8, 4) is 0 Å². The van der Waals surface area contributed by atoms with Gasteiger partial charge in [-0.2, -0.15) is 5.10 Å². The van der Waals surface area contributed by atoms with E-state index in [1.165, 1.54) is 18.2 Å². The van der Waals surface area contributed by atoms with Crippen LogP contribution in [0.2, 0.25) is 5.02 Å². The molecule has 0 bridgehead atoms. The van der Waals surface area contributed by atoms with Gasteiger partial charge in [0, 0.05) is 23.3 Å². The van der Waals surface area contributed by atoms with E-state index in [0.29, 0.717) is 5.02 Å². The second kappa shape index (κ2) is 5.48. The van der Waals surface area contributed by atoms with E-state index in [1.54, 1.807) is 6.20 Å². The first kappa shape index (κ1) is 14.1. The number of hydrogen-bond acceptors (Lipinski definition) is 2. The first-order valence-corrected chi connectivity index (χ1v) is 7.20. The van der Waals surface area contributed by atoms with Crippen molar-refractivity contribution in [2.75, 3.05) is 0 Å². The Morgan fingerprint density at radius 1 is 1.52 bits per heavy atom. The first-order valence-electron chi connectivity index (χ1n) is 6.83. The van der Waals surface area contributed by atoms with E-state index >= 15 is 0 Å². The topological polar surface area (TPSA) is 46.9 Å². The molecule has 0 radical (unpaired) electrons. The van der Waals surface area contributed by atoms with Crippen LogP contribution in [0.1, 0.15) is 40.5 Å². The smallest absolute Gasteiger partial charge is 0.254 e. The van der Waals surface area contributed by atoms with Crippen LogP contribution >= 0.6 is 11.6 Å². The fourth-order valence-electron chi connectivity index (χ4n) is 2.76. The fourth-order valence-corrected chi connectivity index (χ4v) is 2.94.